The number of unbranched alkanes of at least 4 members (excludes halogenated alkanes) is 3. The summed E-state index contributed by atoms with van der Waals surface area (Å²) in [5.74, 6) is 0.304. The largest absolute Gasteiger partial charge is 0.508 e. The number of nitrogens with one attached hydrogen (secondary N) is 1. The molecule has 0 heterocycles. The fourth-order valence-corrected chi connectivity index (χ4v) is 2.79. The van der Waals surface area contributed by atoms with Crippen molar-refractivity contribution >= 4 is 0 Å². The van der Waals surface area contributed by atoms with Crippen molar-refractivity contribution in [2.45, 2.75) is 38.2 Å². The zero-order chi connectivity index (χ0) is 18.5. The van der Waals surface area contributed by atoms with Crippen molar-refractivity contribution in [2.24, 2.45) is 0 Å². The van der Waals surface area contributed by atoms with Gasteiger partial charge in [-0.3, -0.25) is 0 Å². The minimum absolute atomic E-state index is 0.304. The first-order valence-electron chi connectivity index (χ1n) is 9.55. The highest BCUT2D eigenvalue weighted by molar-refractivity contribution is 5.25. The summed E-state index contributed by atoms with van der Waals surface area (Å²) in [5, 5.41) is 22.6. The molecule has 0 saturated heterocycles. The Morgan fingerprint density at radius 1 is 0.846 bits per heavy atom. The third-order valence-corrected chi connectivity index (χ3v) is 4.39. The minimum atomic E-state index is -0.432. The molecule has 4 heteroatoms. The smallest absolute Gasteiger partial charge is 0.115 e. The van der Waals surface area contributed by atoms with Gasteiger partial charge >= 0.3 is 0 Å². The quantitative estimate of drug-likeness (QED) is 0.477. The third kappa shape index (κ3) is 8.48. The van der Waals surface area contributed by atoms with Crippen molar-refractivity contribution in [3.05, 3.63) is 65.7 Å². The Hall–Kier alpha value is -1.88. The highest BCUT2D eigenvalue weighted by Gasteiger charge is 2.05. The first-order valence-corrected chi connectivity index (χ1v) is 9.55. The maximum atomic E-state index is 10.0. The van der Waals surface area contributed by atoms with Crippen LogP contribution in [0.2, 0.25) is 0 Å². The Morgan fingerprint density at radius 2 is 1.58 bits per heavy atom. The van der Waals surface area contributed by atoms with Crippen LogP contribution >= 0.6 is 0 Å². The van der Waals surface area contributed by atoms with Crippen molar-refractivity contribution in [1.29, 1.82) is 0 Å². The van der Waals surface area contributed by atoms with E-state index >= 15 is 0 Å². The highest BCUT2D eigenvalue weighted by atomic mass is 16.5. The first kappa shape index (κ1) is 20.4. The van der Waals surface area contributed by atoms with Gasteiger partial charge in [0.2, 0.25) is 0 Å². The van der Waals surface area contributed by atoms with Gasteiger partial charge in [0, 0.05) is 13.2 Å². The molecular weight excluding hydrogens is 326 g/mol. The lowest BCUT2D eigenvalue weighted by Gasteiger charge is -2.12. The fourth-order valence-electron chi connectivity index (χ4n) is 2.79. The van der Waals surface area contributed by atoms with Crippen LogP contribution < -0.4 is 5.32 Å². The summed E-state index contributed by atoms with van der Waals surface area (Å²) in [6.07, 6.45) is 5.00. The summed E-state index contributed by atoms with van der Waals surface area (Å²) in [4.78, 5) is 0. The first-order chi connectivity index (χ1) is 12.8. The summed E-state index contributed by atoms with van der Waals surface area (Å²) < 4.78 is 5.66. The Balaban J connectivity index is 1.37. The SMILES string of the molecule is Oc1ccc(CCOCCCCCCNCC(O)c2ccccc2)cc1. The summed E-state index contributed by atoms with van der Waals surface area (Å²) in [7, 11) is 0. The number of ether oxygens (including phenoxy) is 1. The predicted octanol–water partition coefficient (Wildman–Crippen LogP) is 3.83. The second-order valence-corrected chi connectivity index (χ2v) is 6.57. The van der Waals surface area contributed by atoms with Crippen LogP contribution in [0, 0.1) is 0 Å². The molecule has 0 spiro atoms. The van der Waals surface area contributed by atoms with E-state index in [0.29, 0.717) is 12.3 Å². The number of hydrogen-bond acceptors (Lipinski definition) is 4. The average Bonchev–Trinajstić information content (AvgIpc) is 2.68. The van der Waals surface area contributed by atoms with Crippen LogP contribution in [0.25, 0.3) is 0 Å². The maximum absolute atomic E-state index is 10.0. The van der Waals surface area contributed by atoms with Gasteiger partial charge in [-0.05, 0) is 49.1 Å². The van der Waals surface area contributed by atoms with E-state index in [1.54, 1.807) is 12.1 Å². The molecule has 1 unspecified atom stereocenters. The maximum Gasteiger partial charge on any atom is 0.115 e. The molecule has 0 saturated carbocycles. The van der Waals surface area contributed by atoms with Crippen molar-refractivity contribution in [3.8, 4) is 5.75 Å². The molecule has 0 aliphatic carbocycles. The van der Waals surface area contributed by atoms with Crippen molar-refractivity contribution in [3.63, 3.8) is 0 Å². The van der Waals surface area contributed by atoms with Gasteiger partial charge in [0.1, 0.15) is 5.75 Å². The van der Waals surface area contributed by atoms with E-state index in [1.165, 1.54) is 18.4 Å². The van der Waals surface area contributed by atoms with E-state index in [0.717, 1.165) is 44.6 Å². The molecule has 0 fully saturated rings. The zero-order valence-electron chi connectivity index (χ0n) is 15.4. The highest BCUT2D eigenvalue weighted by Crippen LogP contribution is 2.11. The zero-order valence-corrected chi connectivity index (χ0v) is 15.4. The van der Waals surface area contributed by atoms with Crippen molar-refractivity contribution in [1.82, 2.24) is 5.32 Å². The molecule has 142 valence electrons. The van der Waals surface area contributed by atoms with Gasteiger partial charge in [0.15, 0.2) is 0 Å². The monoisotopic (exact) mass is 357 g/mol. The van der Waals surface area contributed by atoms with Crippen LogP contribution in [-0.2, 0) is 11.2 Å². The van der Waals surface area contributed by atoms with Gasteiger partial charge in [-0.2, -0.15) is 0 Å². The van der Waals surface area contributed by atoms with E-state index in [9.17, 15) is 10.2 Å². The lowest BCUT2D eigenvalue weighted by molar-refractivity contribution is 0.132. The molecule has 2 aromatic rings. The van der Waals surface area contributed by atoms with E-state index in [-0.39, 0.29) is 0 Å². The van der Waals surface area contributed by atoms with E-state index in [4.69, 9.17) is 4.74 Å². The summed E-state index contributed by atoms with van der Waals surface area (Å²) >= 11 is 0. The van der Waals surface area contributed by atoms with Crippen LogP contribution in [0.4, 0.5) is 0 Å². The molecular formula is C22H31NO3. The Kier molecular flexibility index (Phi) is 9.80. The summed E-state index contributed by atoms with van der Waals surface area (Å²) in [6.45, 7) is 3.07. The molecule has 0 aliphatic heterocycles. The van der Waals surface area contributed by atoms with Crippen LogP contribution in [0.1, 0.15) is 42.9 Å². The number of phenols is 1. The van der Waals surface area contributed by atoms with Crippen LogP contribution in [0.5, 0.6) is 5.75 Å². The molecule has 2 rings (SSSR count). The summed E-state index contributed by atoms with van der Waals surface area (Å²) in [5.41, 5.74) is 2.15. The second-order valence-electron chi connectivity index (χ2n) is 6.57. The molecule has 2 aromatic carbocycles. The lowest BCUT2D eigenvalue weighted by Crippen LogP contribution is -2.22. The molecule has 26 heavy (non-hydrogen) atoms. The van der Waals surface area contributed by atoms with Crippen molar-refractivity contribution in [2.75, 3.05) is 26.3 Å². The second kappa shape index (κ2) is 12.5. The topological polar surface area (TPSA) is 61.7 Å². The third-order valence-electron chi connectivity index (χ3n) is 4.39. The van der Waals surface area contributed by atoms with Gasteiger partial charge in [0.05, 0.1) is 12.7 Å². The summed E-state index contributed by atoms with van der Waals surface area (Å²) in [6, 6.07) is 17.0. The van der Waals surface area contributed by atoms with E-state index in [2.05, 4.69) is 5.32 Å². The van der Waals surface area contributed by atoms with Gasteiger partial charge < -0.3 is 20.3 Å². The van der Waals surface area contributed by atoms with Gasteiger partial charge in [0.25, 0.3) is 0 Å². The van der Waals surface area contributed by atoms with Crippen LogP contribution in [0.15, 0.2) is 54.6 Å². The Morgan fingerprint density at radius 3 is 2.35 bits per heavy atom. The number of hydrogen-bond donors (Lipinski definition) is 3. The number of phenolic OH excluding ortho intramolecular Hbond substituents is 1. The number of aliphatic hydroxyl groups is 1. The van der Waals surface area contributed by atoms with E-state index in [1.807, 2.05) is 42.5 Å². The van der Waals surface area contributed by atoms with Crippen molar-refractivity contribution < 1.29 is 14.9 Å². The predicted molar refractivity (Wildman–Crippen MR) is 105 cm³/mol. The average molecular weight is 357 g/mol. The Bertz CT molecular complexity index is 586. The lowest BCUT2D eigenvalue weighted by atomic mass is 10.1. The molecule has 3 N–H and O–H groups in total. The molecule has 0 bridgehead atoms. The molecule has 0 radical (unpaired) electrons. The van der Waals surface area contributed by atoms with Crippen LogP contribution in [-0.4, -0.2) is 36.5 Å². The number of rotatable bonds is 13. The normalized spacial score (nSPS) is 12.2. The molecule has 0 aliphatic rings. The number of benzene rings is 2. The minimum Gasteiger partial charge on any atom is -0.508 e. The van der Waals surface area contributed by atoms with Gasteiger partial charge in [-0.25, -0.2) is 0 Å². The molecule has 0 amide bonds. The number of aromatic hydroxyl groups is 1. The van der Waals surface area contributed by atoms with Gasteiger partial charge in [-0.1, -0.05) is 55.3 Å². The van der Waals surface area contributed by atoms with E-state index < -0.39 is 6.10 Å². The van der Waals surface area contributed by atoms with Crippen LogP contribution in [0.3, 0.4) is 0 Å². The standard InChI is InChI=1S/C22H31NO3/c24-21-12-10-19(11-13-21)14-17-26-16-7-2-1-6-15-23-18-22(25)20-8-4-3-5-9-20/h3-5,8-13,22-25H,1-2,6-7,14-18H2. The fraction of sp³-hybridized carbons (Fsp3) is 0.455. The molecule has 4 nitrogen and oxygen atoms in total. The van der Waals surface area contributed by atoms with Gasteiger partial charge in [-0.15, -0.1) is 0 Å². The molecule has 1 atom stereocenters. The Labute approximate surface area is 156 Å². The number of aliphatic hydroxyl groups excluding tert-OH is 1. The molecule has 0 aromatic heterocycles.